The van der Waals surface area contributed by atoms with Crippen molar-refractivity contribution in [3.8, 4) is 5.75 Å². The Kier molecular flexibility index (Phi) is 7.32. The highest BCUT2D eigenvalue weighted by Gasteiger charge is 2.29. The van der Waals surface area contributed by atoms with Crippen LogP contribution in [-0.4, -0.2) is 59.5 Å². The maximum absolute atomic E-state index is 13.3. The minimum atomic E-state index is -0.537. The molecule has 9 nitrogen and oxygen atoms in total. The Labute approximate surface area is 198 Å². The van der Waals surface area contributed by atoms with Crippen molar-refractivity contribution in [1.82, 2.24) is 9.88 Å². The van der Waals surface area contributed by atoms with E-state index >= 15 is 0 Å². The van der Waals surface area contributed by atoms with Crippen LogP contribution in [0, 0.1) is 10.1 Å². The first-order chi connectivity index (χ1) is 16.5. The van der Waals surface area contributed by atoms with Gasteiger partial charge in [0.1, 0.15) is 5.75 Å². The van der Waals surface area contributed by atoms with E-state index in [1.165, 1.54) is 12.1 Å². The van der Waals surface area contributed by atoms with Crippen LogP contribution in [0.3, 0.4) is 0 Å². The second-order valence-corrected chi connectivity index (χ2v) is 8.54. The van der Waals surface area contributed by atoms with E-state index < -0.39 is 11.0 Å². The van der Waals surface area contributed by atoms with E-state index in [-0.39, 0.29) is 11.6 Å². The number of piperazine rings is 1. The molecule has 1 aliphatic rings. The van der Waals surface area contributed by atoms with Gasteiger partial charge in [0.15, 0.2) is 6.10 Å². The smallest absolute Gasteiger partial charge is 0.269 e. The monoisotopic (exact) mass is 465 g/mol. The molecule has 0 aliphatic carbocycles. The second kappa shape index (κ2) is 10.6. The van der Waals surface area contributed by atoms with Gasteiger partial charge in [-0.1, -0.05) is 13.3 Å². The number of nitrogens with zero attached hydrogens (tertiary/aromatic N) is 3. The highest BCUT2D eigenvalue weighted by Crippen LogP contribution is 2.26. The summed E-state index contributed by atoms with van der Waals surface area (Å²) in [4.78, 5) is 31.1. The molecule has 0 saturated carbocycles. The van der Waals surface area contributed by atoms with Crippen LogP contribution >= 0.6 is 0 Å². The lowest BCUT2D eigenvalue weighted by molar-refractivity contribution is -0.384. The third kappa shape index (κ3) is 5.14. The van der Waals surface area contributed by atoms with Gasteiger partial charge < -0.3 is 25.3 Å². The number of H-pyrrole nitrogens is 1. The zero-order valence-electron chi connectivity index (χ0n) is 19.4. The number of aromatic amines is 1. The molecule has 3 aromatic rings. The SMILES string of the molecule is CCCC(Oc1ccc2[nH]cc(CCN)c2c1)C(=O)N1CCN(c2ccc([N+](=O)[O-])cc2)CC1. The number of nitro groups is 1. The van der Waals surface area contributed by atoms with Crippen LogP contribution in [0.2, 0.25) is 0 Å². The lowest BCUT2D eigenvalue weighted by Gasteiger charge is -2.37. The predicted molar refractivity (Wildman–Crippen MR) is 132 cm³/mol. The molecule has 1 fully saturated rings. The van der Waals surface area contributed by atoms with E-state index in [2.05, 4.69) is 9.88 Å². The van der Waals surface area contributed by atoms with Crippen molar-refractivity contribution in [3.05, 3.63) is 64.3 Å². The molecule has 3 N–H and O–H groups in total. The molecule has 2 aromatic carbocycles. The topological polar surface area (TPSA) is 118 Å². The summed E-state index contributed by atoms with van der Waals surface area (Å²) in [6.45, 7) is 5.11. The van der Waals surface area contributed by atoms with E-state index in [0.29, 0.717) is 44.9 Å². The van der Waals surface area contributed by atoms with Crippen LogP contribution in [0.4, 0.5) is 11.4 Å². The van der Waals surface area contributed by atoms with Crippen LogP contribution < -0.4 is 15.4 Å². The molecule has 0 spiro atoms. The van der Waals surface area contributed by atoms with Crippen LogP contribution in [0.5, 0.6) is 5.75 Å². The Hall–Kier alpha value is -3.59. The molecule has 1 amide bonds. The van der Waals surface area contributed by atoms with Crippen LogP contribution in [-0.2, 0) is 11.2 Å². The average Bonchev–Trinajstić information content (AvgIpc) is 3.26. The lowest BCUT2D eigenvalue weighted by Crippen LogP contribution is -2.52. The number of nitrogens with one attached hydrogen (secondary N) is 1. The number of hydrogen-bond acceptors (Lipinski definition) is 6. The van der Waals surface area contributed by atoms with Gasteiger partial charge in [-0.15, -0.1) is 0 Å². The summed E-state index contributed by atoms with van der Waals surface area (Å²) in [7, 11) is 0. The average molecular weight is 466 g/mol. The quantitative estimate of drug-likeness (QED) is 0.369. The second-order valence-electron chi connectivity index (χ2n) is 8.54. The summed E-state index contributed by atoms with van der Waals surface area (Å²) in [5.74, 6) is 0.684. The van der Waals surface area contributed by atoms with Crippen LogP contribution in [0.25, 0.3) is 10.9 Å². The summed E-state index contributed by atoms with van der Waals surface area (Å²) in [6, 6.07) is 12.4. The third-order valence-corrected chi connectivity index (χ3v) is 6.27. The van der Waals surface area contributed by atoms with Crippen molar-refractivity contribution in [2.45, 2.75) is 32.3 Å². The van der Waals surface area contributed by atoms with E-state index in [1.807, 2.05) is 36.2 Å². The number of aromatic nitrogens is 1. The number of carbonyl (C=O) groups is 1. The van der Waals surface area contributed by atoms with Gasteiger partial charge in [-0.2, -0.15) is 0 Å². The summed E-state index contributed by atoms with van der Waals surface area (Å²) in [5.41, 5.74) is 8.90. The van der Waals surface area contributed by atoms with Gasteiger partial charge in [-0.25, -0.2) is 0 Å². The van der Waals surface area contributed by atoms with Gasteiger partial charge in [0.2, 0.25) is 0 Å². The Bertz CT molecular complexity index is 1140. The maximum atomic E-state index is 13.3. The highest BCUT2D eigenvalue weighted by molar-refractivity contribution is 5.85. The summed E-state index contributed by atoms with van der Waals surface area (Å²) in [6.07, 6.45) is 3.69. The molecule has 34 heavy (non-hydrogen) atoms. The minimum absolute atomic E-state index is 0.00143. The van der Waals surface area contributed by atoms with Gasteiger partial charge in [-0.3, -0.25) is 14.9 Å². The van der Waals surface area contributed by atoms with E-state index in [0.717, 1.165) is 35.0 Å². The van der Waals surface area contributed by atoms with Gasteiger partial charge in [0, 0.05) is 61.1 Å². The van der Waals surface area contributed by atoms with E-state index in [9.17, 15) is 14.9 Å². The first kappa shape index (κ1) is 23.6. The first-order valence-corrected chi connectivity index (χ1v) is 11.7. The Morgan fingerprint density at radius 2 is 1.91 bits per heavy atom. The third-order valence-electron chi connectivity index (χ3n) is 6.27. The Morgan fingerprint density at radius 3 is 2.56 bits per heavy atom. The number of hydrogen-bond donors (Lipinski definition) is 2. The van der Waals surface area contributed by atoms with Crippen molar-refractivity contribution >= 4 is 28.2 Å². The van der Waals surface area contributed by atoms with Crippen molar-refractivity contribution in [3.63, 3.8) is 0 Å². The molecule has 1 aromatic heterocycles. The molecule has 2 heterocycles. The molecule has 1 atom stereocenters. The number of non-ortho nitro benzene ring substituents is 1. The standard InChI is InChI=1S/C25H31N5O4/c1-2-3-24(34-21-8-9-23-22(16-21)18(10-11-26)17-27-23)25(31)29-14-12-28(13-15-29)19-4-6-20(7-5-19)30(32)33/h4-9,16-17,24,27H,2-3,10-15,26H2,1H3. The molecule has 1 aliphatic heterocycles. The largest absolute Gasteiger partial charge is 0.481 e. The first-order valence-electron chi connectivity index (χ1n) is 11.7. The summed E-state index contributed by atoms with van der Waals surface area (Å²) < 4.78 is 6.21. The molecule has 0 radical (unpaired) electrons. The Morgan fingerprint density at radius 1 is 1.18 bits per heavy atom. The lowest BCUT2D eigenvalue weighted by atomic mass is 10.1. The molecule has 1 saturated heterocycles. The zero-order chi connectivity index (χ0) is 24.1. The molecule has 1 unspecified atom stereocenters. The number of fused-ring (bicyclic) bond motifs is 1. The van der Waals surface area contributed by atoms with Crippen molar-refractivity contribution in [2.24, 2.45) is 5.73 Å². The normalized spacial score (nSPS) is 14.9. The van der Waals surface area contributed by atoms with Gasteiger partial charge >= 0.3 is 0 Å². The number of nitrogens with two attached hydrogens (primary N) is 1. The fourth-order valence-electron chi connectivity index (χ4n) is 4.43. The number of nitro benzene ring substituents is 1. The number of anilines is 1. The summed E-state index contributed by atoms with van der Waals surface area (Å²) >= 11 is 0. The molecular weight excluding hydrogens is 434 g/mol. The van der Waals surface area contributed by atoms with E-state index in [1.54, 1.807) is 12.1 Å². The van der Waals surface area contributed by atoms with Crippen LogP contribution in [0.1, 0.15) is 25.3 Å². The van der Waals surface area contributed by atoms with Crippen molar-refractivity contribution in [1.29, 1.82) is 0 Å². The number of carbonyl (C=O) groups excluding carboxylic acids is 1. The van der Waals surface area contributed by atoms with Crippen LogP contribution in [0.15, 0.2) is 48.7 Å². The van der Waals surface area contributed by atoms with Gasteiger partial charge in [0.05, 0.1) is 4.92 Å². The molecule has 180 valence electrons. The molecule has 9 heteroatoms. The Balaban J connectivity index is 1.41. The van der Waals surface area contributed by atoms with Crippen molar-refractivity contribution in [2.75, 3.05) is 37.6 Å². The number of ether oxygens (including phenoxy) is 1. The fourth-order valence-corrected chi connectivity index (χ4v) is 4.43. The number of rotatable bonds is 9. The van der Waals surface area contributed by atoms with E-state index in [4.69, 9.17) is 10.5 Å². The molecule has 0 bridgehead atoms. The maximum Gasteiger partial charge on any atom is 0.269 e. The molecular formula is C25H31N5O4. The minimum Gasteiger partial charge on any atom is -0.481 e. The number of benzene rings is 2. The van der Waals surface area contributed by atoms with Gasteiger partial charge in [-0.05, 0) is 55.3 Å². The molecule has 4 rings (SSSR count). The summed E-state index contributed by atoms with van der Waals surface area (Å²) in [5, 5.41) is 12.0. The zero-order valence-corrected chi connectivity index (χ0v) is 19.4. The van der Waals surface area contributed by atoms with Gasteiger partial charge in [0.25, 0.3) is 11.6 Å². The fraction of sp³-hybridized carbons (Fsp3) is 0.400. The predicted octanol–water partition coefficient (Wildman–Crippen LogP) is 3.47. The number of amides is 1. The highest BCUT2D eigenvalue weighted by atomic mass is 16.6. The van der Waals surface area contributed by atoms with Crippen molar-refractivity contribution < 1.29 is 14.5 Å².